The molecule has 2 rings (SSSR count). The van der Waals surface area contributed by atoms with Crippen LogP contribution in [-0.4, -0.2) is 11.0 Å². The first-order valence-electron chi connectivity index (χ1n) is 5.07. The van der Waals surface area contributed by atoms with Gasteiger partial charge in [0.2, 0.25) is 5.69 Å². The quantitative estimate of drug-likeness (QED) is 0.351. The molecule has 18 heavy (non-hydrogen) atoms. The van der Waals surface area contributed by atoms with E-state index in [1.807, 2.05) is 0 Å². The highest BCUT2D eigenvalue weighted by atomic mass is 35.5. The summed E-state index contributed by atoms with van der Waals surface area (Å²) in [4.78, 5) is 0. The van der Waals surface area contributed by atoms with E-state index >= 15 is 0 Å². The second kappa shape index (κ2) is 5.14. The molecule has 2 aromatic carbocycles. The normalized spacial score (nSPS) is 11.6. The van der Waals surface area contributed by atoms with E-state index in [1.165, 1.54) is 6.21 Å². The number of halogens is 3. The summed E-state index contributed by atoms with van der Waals surface area (Å²) in [6, 6.07) is 9.12. The standard InChI is InChI=1S/C13H8ClF2NO/c14-10-3-1-9(2-4-10)8-17(18)13-6-11(15)5-12(16)7-13/h1-8H. The summed E-state index contributed by atoms with van der Waals surface area (Å²) < 4.78 is 26.3. The van der Waals surface area contributed by atoms with E-state index < -0.39 is 11.6 Å². The Balaban J connectivity index is 2.35. The summed E-state index contributed by atoms with van der Waals surface area (Å²) in [7, 11) is 0. The van der Waals surface area contributed by atoms with Crippen molar-refractivity contribution in [3.63, 3.8) is 0 Å². The minimum Gasteiger partial charge on any atom is -0.618 e. The van der Waals surface area contributed by atoms with Crippen LogP contribution in [0.25, 0.3) is 0 Å². The summed E-state index contributed by atoms with van der Waals surface area (Å²) in [5.74, 6) is -1.59. The lowest BCUT2D eigenvalue weighted by atomic mass is 10.2. The molecular formula is C13H8ClF2NO. The first-order valence-corrected chi connectivity index (χ1v) is 5.45. The topological polar surface area (TPSA) is 26.1 Å². The molecule has 0 saturated carbocycles. The van der Waals surface area contributed by atoms with Crippen molar-refractivity contribution in [1.29, 1.82) is 0 Å². The Labute approximate surface area is 107 Å². The molecule has 0 N–H and O–H groups in total. The number of nitrogens with zero attached hydrogens (tertiary/aromatic N) is 1. The number of benzene rings is 2. The first kappa shape index (κ1) is 12.5. The van der Waals surface area contributed by atoms with Crippen molar-refractivity contribution >= 4 is 23.5 Å². The molecule has 2 nitrogen and oxygen atoms in total. The second-order valence-corrected chi connectivity index (χ2v) is 4.07. The van der Waals surface area contributed by atoms with Gasteiger partial charge in [-0.05, 0) is 24.3 Å². The van der Waals surface area contributed by atoms with Crippen molar-refractivity contribution in [1.82, 2.24) is 0 Å². The third-order valence-electron chi connectivity index (χ3n) is 2.24. The van der Waals surface area contributed by atoms with Crippen LogP contribution >= 0.6 is 11.6 Å². The maximum absolute atomic E-state index is 12.9. The van der Waals surface area contributed by atoms with E-state index in [0.29, 0.717) is 21.4 Å². The molecule has 0 heterocycles. The fourth-order valence-electron chi connectivity index (χ4n) is 1.43. The molecule has 0 bridgehead atoms. The molecule has 0 radical (unpaired) electrons. The van der Waals surface area contributed by atoms with Gasteiger partial charge in [0.05, 0.1) is 0 Å². The lowest BCUT2D eigenvalue weighted by Gasteiger charge is -2.03. The summed E-state index contributed by atoms with van der Waals surface area (Å²) in [6.07, 6.45) is 1.21. The summed E-state index contributed by atoms with van der Waals surface area (Å²) in [5.41, 5.74) is 0.474. The Kier molecular flexibility index (Phi) is 3.58. The van der Waals surface area contributed by atoms with Crippen LogP contribution in [0, 0.1) is 16.8 Å². The summed E-state index contributed by atoms with van der Waals surface area (Å²) in [5, 5.41) is 12.2. The Hall–Kier alpha value is -1.94. The average molecular weight is 268 g/mol. The van der Waals surface area contributed by atoms with E-state index in [1.54, 1.807) is 24.3 Å². The molecule has 0 aliphatic carbocycles. The Morgan fingerprint density at radius 1 is 1.00 bits per heavy atom. The first-order chi connectivity index (χ1) is 8.54. The highest BCUT2D eigenvalue weighted by molar-refractivity contribution is 6.30. The number of hydrogen-bond acceptors (Lipinski definition) is 1. The van der Waals surface area contributed by atoms with Gasteiger partial charge >= 0.3 is 0 Å². The molecule has 0 amide bonds. The lowest BCUT2D eigenvalue weighted by molar-refractivity contribution is -0.354. The van der Waals surface area contributed by atoms with Gasteiger partial charge in [0.1, 0.15) is 11.6 Å². The predicted octanol–water partition coefficient (Wildman–Crippen LogP) is 3.88. The van der Waals surface area contributed by atoms with Crippen molar-refractivity contribution < 1.29 is 13.5 Å². The zero-order valence-corrected chi connectivity index (χ0v) is 9.86. The van der Waals surface area contributed by atoms with Crippen LogP contribution in [0.4, 0.5) is 14.5 Å². The van der Waals surface area contributed by atoms with Gasteiger partial charge in [0, 0.05) is 28.8 Å². The molecule has 0 aliphatic rings. The van der Waals surface area contributed by atoms with Gasteiger partial charge in [0.15, 0.2) is 6.21 Å². The van der Waals surface area contributed by atoms with Crippen LogP contribution in [0.5, 0.6) is 0 Å². The Morgan fingerprint density at radius 3 is 2.11 bits per heavy atom. The maximum Gasteiger partial charge on any atom is 0.222 e. The summed E-state index contributed by atoms with van der Waals surface area (Å²) in [6.45, 7) is 0. The van der Waals surface area contributed by atoms with Crippen LogP contribution in [0.1, 0.15) is 5.56 Å². The number of rotatable bonds is 2. The van der Waals surface area contributed by atoms with Crippen LogP contribution in [0.15, 0.2) is 42.5 Å². The molecule has 0 aromatic heterocycles. The molecule has 0 spiro atoms. The van der Waals surface area contributed by atoms with Crippen molar-refractivity contribution in [2.45, 2.75) is 0 Å². The molecule has 5 heteroatoms. The van der Waals surface area contributed by atoms with E-state index in [9.17, 15) is 14.0 Å². The largest absolute Gasteiger partial charge is 0.618 e. The Morgan fingerprint density at radius 2 is 1.56 bits per heavy atom. The highest BCUT2D eigenvalue weighted by Gasteiger charge is 2.07. The second-order valence-electron chi connectivity index (χ2n) is 3.63. The average Bonchev–Trinajstić information content (AvgIpc) is 2.31. The van der Waals surface area contributed by atoms with Gasteiger partial charge in [-0.15, -0.1) is 0 Å². The van der Waals surface area contributed by atoms with Gasteiger partial charge in [-0.25, -0.2) is 8.78 Å². The van der Waals surface area contributed by atoms with Gasteiger partial charge < -0.3 is 5.21 Å². The monoisotopic (exact) mass is 267 g/mol. The van der Waals surface area contributed by atoms with Crippen LogP contribution < -0.4 is 0 Å². The fraction of sp³-hybridized carbons (Fsp3) is 0. The van der Waals surface area contributed by atoms with Crippen molar-refractivity contribution in [3.8, 4) is 0 Å². The van der Waals surface area contributed by atoms with Crippen LogP contribution in [0.3, 0.4) is 0 Å². The maximum atomic E-state index is 12.9. The summed E-state index contributed by atoms with van der Waals surface area (Å²) >= 11 is 5.70. The predicted molar refractivity (Wildman–Crippen MR) is 66.3 cm³/mol. The molecule has 0 fully saturated rings. The smallest absolute Gasteiger partial charge is 0.222 e. The lowest BCUT2D eigenvalue weighted by Crippen LogP contribution is -1.99. The molecule has 92 valence electrons. The number of hydrogen-bond donors (Lipinski definition) is 0. The van der Waals surface area contributed by atoms with Gasteiger partial charge in [-0.3, -0.25) is 0 Å². The van der Waals surface area contributed by atoms with Crippen LogP contribution in [0.2, 0.25) is 5.02 Å². The molecular weight excluding hydrogens is 260 g/mol. The Bertz CT molecular complexity index is 576. The third kappa shape index (κ3) is 3.05. The molecule has 0 unspecified atom stereocenters. The van der Waals surface area contributed by atoms with E-state index in [4.69, 9.17) is 11.6 Å². The van der Waals surface area contributed by atoms with Gasteiger partial charge in [-0.1, -0.05) is 11.6 Å². The van der Waals surface area contributed by atoms with E-state index in [-0.39, 0.29) is 5.69 Å². The molecule has 0 saturated heterocycles. The minimum absolute atomic E-state index is 0.109. The zero-order valence-electron chi connectivity index (χ0n) is 9.11. The van der Waals surface area contributed by atoms with E-state index in [2.05, 4.69) is 0 Å². The van der Waals surface area contributed by atoms with Crippen molar-refractivity contribution in [2.75, 3.05) is 0 Å². The van der Waals surface area contributed by atoms with Gasteiger partial charge in [0.25, 0.3) is 0 Å². The van der Waals surface area contributed by atoms with E-state index in [0.717, 1.165) is 12.1 Å². The zero-order chi connectivity index (χ0) is 13.1. The fourth-order valence-corrected chi connectivity index (χ4v) is 1.55. The SMILES string of the molecule is [O-][N+](=Cc1ccc(Cl)cc1)c1cc(F)cc(F)c1. The molecule has 2 aromatic rings. The van der Waals surface area contributed by atoms with Crippen molar-refractivity contribution in [2.24, 2.45) is 0 Å². The third-order valence-corrected chi connectivity index (χ3v) is 2.49. The highest BCUT2D eigenvalue weighted by Crippen LogP contribution is 2.16. The van der Waals surface area contributed by atoms with Crippen molar-refractivity contribution in [3.05, 3.63) is 69.9 Å². The molecule has 0 aliphatic heterocycles. The minimum atomic E-state index is -0.796. The molecule has 0 atom stereocenters. The van der Waals surface area contributed by atoms with Crippen LogP contribution in [-0.2, 0) is 0 Å². The van der Waals surface area contributed by atoms with Gasteiger partial charge in [-0.2, -0.15) is 4.74 Å².